The van der Waals surface area contributed by atoms with Crippen LogP contribution in [0.15, 0.2) is 28.3 Å². The zero-order valence-corrected chi connectivity index (χ0v) is 17.6. The Morgan fingerprint density at radius 2 is 2.04 bits per heavy atom. The van der Waals surface area contributed by atoms with Crippen molar-refractivity contribution in [1.29, 1.82) is 0 Å². The minimum atomic E-state index is -3.73. The number of hydrogen-bond donors (Lipinski definition) is 2. The van der Waals surface area contributed by atoms with Crippen molar-refractivity contribution in [3.05, 3.63) is 35.2 Å². The first kappa shape index (κ1) is 21.4. The van der Waals surface area contributed by atoms with Crippen molar-refractivity contribution < 1.29 is 13.2 Å². The number of hydrogen-bond acceptors (Lipinski definition) is 6. The Morgan fingerprint density at radius 3 is 2.67 bits per heavy atom. The van der Waals surface area contributed by atoms with E-state index in [1.165, 1.54) is 16.1 Å². The van der Waals surface area contributed by atoms with E-state index < -0.39 is 10.0 Å². The highest BCUT2D eigenvalue weighted by Crippen LogP contribution is 2.21. The van der Waals surface area contributed by atoms with Gasteiger partial charge in [-0.15, -0.1) is 5.10 Å². The van der Waals surface area contributed by atoms with Crippen LogP contribution in [0.3, 0.4) is 0 Å². The lowest BCUT2D eigenvalue weighted by Crippen LogP contribution is -2.41. The average Bonchev–Trinajstić information content (AvgIpc) is 3.03. The molecular formula is C17H25N5O3S2. The van der Waals surface area contributed by atoms with Crippen LogP contribution in [0.2, 0.25) is 0 Å². The molecule has 1 aromatic heterocycles. The zero-order valence-electron chi connectivity index (χ0n) is 15.9. The summed E-state index contributed by atoms with van der Waals surface area (Å²) in [7, 11) is -3.73. The van der Waals surface area contributed by atoms with Gasteiger partial charge in [-0.3, -0.25) is 9.89 Å². The predicted octanol–water partition coefficient (Wildman–Crippen LogP) is 1.65. The monoisotopic (exact) mass is 411 g/mol. The molecule has 1 heterocycles. The van der Waals surface area contributed by atoms with E-state index in [4.69, 9.17) is 0 Å². The molecule has 0 aliphatic carbocycles. The van der Waals surface area contributed by atoms with Crippen LogP contribution in [-0.2, 0) is 14.8 Å². The second-order valence-electron chi connectivity index (χ2n) is 6.10. The summed E-state index contributed by atoms with van der Waals surface area (Å²) in [6, 6.07) is 5.28. The average molecular weight is 412 g/mol. The van der Waals surface area contributed by atoms with Crippen LogP contribution in [-0.4, -0.2) is 59.2 Å². The number of carbonyl (C=O) groups is 1. The van der Waals surface area contributed by atoms with Gasteiger partial charge in [0.2, 0.25) is 21.1 Å². The van der Waals surface area contributed by atoms with Crippen LogP contribution < -0.4 is 5.32 Å². The number of benzene rings is 1. The molecule has 2 rings (SSSR count). The lowest BCUT2D eigenvalue weighted by atomic mass is 10.2. The van der Waals surface area contributed by atoms with Crippen molar-refractivity contribution in [2.24, 2.45) is 0 Å². The molecule has 148 valence electrons. The number of aryl methyl sites for hydroxylation is 3. The molecule has 2 N–H and O–H groups in total. The fourth-order valence-corrected chi connectivity index (χ4v) is 4.84. The molecule has 0 atom stereocenters. The molecule has 0 fully saturated rings. The van der Waals surface area contributed by atoms with Gasteiger partial charge in [-0.05, 0) is 38.0 Å². The smallest absolute Gasteiger partial charge is 0.243 e. The van der Waals surface area contributed by atoms with Crippen molar-refractivity contribution in [1.82, 2.24) is 24.8 Å². The molecule has 0 saturated carbocycles. The summed E-state index contributed by atoms with van der Waals surface area (Å²) >= 11 is 1.41. The fraction of sp³-hybridized carbons (Fsp3) is 0.471. The van der Waals surface area contributed by atoms with E-state index in [1.54, 1.807) is 26.0 Å². The third-order valence-corrected chi connectivity index (χ3v) is 6.78. The van der Waals surface area contributed by atoms with Crippen LogP contribution in [0, 0.1) is 20.8 Å². The van der Waals surface area contributed by atoms with Crippen LogP contribution in [0.5, 0.6) is 0 Å². The van der Waals surface area contributed by atoms with Crippen molar-refractivity contribution in [3.63, 3.8) is 0 Å². The molecule has 0 spiro atoms. The molecule has 2 aromatic rings. The minimum absolute atomic E-state index is 0.212. The number of likely N-dealkylation sites (N-methyl/N-ethyl adjacent to an activating group) is 1. The largest absolute Gasteiger partial charge is 0.354 e. The first-order valence-electron chi connectivity index (χ1n) is 8.60. The van der Waals surface area contributed by atoms with Crippen LogP contribution in [0.25, 0.3) is 0 Å². The highest BCUT2D eigenvalue weighted by atomic mass is 32.2. The van der Waals surface area contributed by atoms with Gasteiger partial charge in [0.1, 0.15) is 5.82 Å². The van der Waals surface area contributed by atoms with E-state index in [1.807, 2.05) is 19.9 Å². The molecular weight excluding hydrogens is 386 g/mol. The quantitative estimate of drug-likeness (QED) is 0.480. The molecule has 27 heavy (non-hydrogen) atoms. The molecule has 0 aliphatic rings. The normalized spacial score (nSPS) is 11.7. The Morgan fingerprint density at radius 1 is 1.30 bits per heavy atom. The van der Waals surface area contributed by atoms with Gasteiger partial charge in [-0.1, -0.05) is 30.8 Å². The van der Waals surface area contributed by atoms with Crippen molar-refractivity contribution in [2.75, 3.05) is 25.4 Å². The van der Waals surface area contributed by atoms with Crippen molar-refractivity contribution >= 4 is 27.7 Å². The Labute approximate surface area is 164 Å². The predicted molar refractivity (Wildman–Crippen MR) is 105 cm³/mol. The van der Waals surface area contributed by atoms with E-state index in [9.17, 15) is 13.2 Å². The molecule has 0 unspecified atom stereocenters. The number of amides is 1. The van der Waals surface area contributed by atoms with Gasteiger partial charge >= 0.3 is 0 Å². The SMILES string of the molecule is CCN(CC(=O)NCCSc1n[nH]c(C)n1)S(=O)(=O)c1cc(C)ccc1C. The van der Waals surface area contributed by atoms with Gasteiger partial charge in [0.25, 0.3) is 0 Å². The summed E-state index contributed by atoms with van der Waals surface area (Å²) in [6.45, 7) is 7.53. The summed E-state index contributed by atoms with van der Waals surface area (Å²) < 4.78 is 27.0. The number of aromatic nitrogens is 3. The Balaban J connectivity index is 1.92. The molecule has 0 aliphatic heterocycles. The van der Waals surface area contributed by atoms with Gasteiger partial charge in [0.05, 0.1) is 11.4 Å². The highest BCUT2D eigenvalue weighted by Gasteiger charge is 2.26. The fourth-order valence-electron chi connectivity index (χ4n) is 2.43. The zero-order chi connectivity index (χ0) is 20.0. The van der Waals surface area contributed by atoms with Crippen LogP contribution in [0.4, 0.5) is 0 Å². The van der Waals surface area contributed by atoms with E-state index in [0.717, 1.165) is 11.4 Å². The summed E-state index contributed by atoms with van der Waals surface area (Å²) in [5.74, 6) is 0.994. The number of rotatable bonds is 9. The summed E-state index contributed by atoms with van der Waals surface area (Å²) in [6.07, 6.45) is 0. The molecule has 1 aromatic carbocycles. The van der Waals surface area contributed by atoms with E-state index in [2.05, 4.69) is 20.5 Å². The number of carbonyl (C=O) groups excluding carboxylic acids is 1. The Hall–Kier alpha value is -1.91. The lowest BCUT2D eigenvalue weighted by molar-refractivity contribution is -0.121. The second kappa shape index (κ2) is 9.34. The van der Waals surface area contributed by atoms with E-state index >= 15 is 0 Å². The van der Waals surface area contributed by atoms with Crippen molar-refractivity contribution in [3.8, 4) is 0 Å². The Bertz CT molecular complexity index is 896. The summed E-state index contributed by atoms with van der Waals surface area (Å²) in [4.78, 5) is 16.6. The maximum Gasteiger partial charge on any atom is 0.243 e. The first-order valence-corrected chi connectivity index (χ1v) is 11.0. The number of aromatic amines is 1. The maximum absolute atomic E-state index is 12.9. The van der Waals surface area contributed by atoms with Gasteiger partial charge in [-0.25, -0.2) is 13.4 Å². The molecule has 8 nitrogen and oxygen atoms in total. The number of nitrogens with one attached hydrogen (secondary N) is 2. The second-order valence-corrected chi connectivity index (χ2v) is 9.07. The van der Waals surface area contributed by atoms with Gasteiger partial charge in [0.15, 0.2) is 0 Å². The Kier molecular flexibility index (Phi) is 7.40. The molecule has 0 saturated heterocycles. The summed E-state index contributed by atoms with van der Waals surface area (Å²) in [5, 5.41) is 10.1. The third-order valence-electron chi connectivity index (χ3n) is 3.87. The van der Waals surface area contributed by atoms with Crippen LogP contribution in [0.1, 0.15) is 23.9 Å². The van der Waals surface area contributed by atoms with Crippen molar-refractivity contribution in [2.45, 2.75) is 37.7 Å². The molecule has 0 radical (unpaired) electrons. The van der Waals surface area contributed by atoms with Crippen LogP contribution >= 0.6 is 11.8 Å². The molecule has 10 heteroatoms. The number of sulfonamides is 1. The van der Waals surface area contributed by atoms with Gasteiger partial charge < -0.3 is 5.32 Å². The van der Waals surface area contributed by atoms with E-state index in [-0.39, 0.29) is 23.9 Å². The van der Waals surface area contributed by atoms with E-state index in [0.29, 0.717) is 23.0 Å². The minimum Gasteiger partial charge on any atom is -0.354 e. The number of H-pyrrole nitrogens is 1. The molecule has 0 bridgehead atoms. The van der Waals surface area contributed by atoms with Gasteiger partial charge in [0, 0.05) is 18.8 Å². The standard InChI is InChI=1S/C17H25N5O3S2/c1-5-22(27(24,25)15-10-12(2)6-7-13(15)3)11-16(23)18-8-9-26-17-19-14(4)20-21-17/h6-7,10H,5,8-9,11H2,1-4H3,(H,18,23)(H,19,20,21). The first-order chi connectivity index (χ1) is 12.7. The summed E-state index contributed by atoms with van der Waals surface area (Å²) in [5.41, 5.74) is 1.52. The highest BCUT2D eigenvalue weighted by molar-refractivity contribution is 7.99. The molecule has 1 amide bonds. The maximum atomic E-state index is 12.9. The lowest BCUT2D eigenvalue weighted by Gasteiger charge is -2.21. The van der Waals surface area contributed by atoms with Gasteiger partial charge in [-0.2, -0.15) is 4.31 Å². The number of thioether (sulfide) groups is 1. The number of nitrogens with zero attached hydrogens (tertiary/aromatic N) is 3. The third kappa shape index (κ3) is 5.78. The topological polar surface area (TPSA) is 108 Å².